The number of carbonyl (C=O) groups is 1. The Kier molecular flexibility index (Phi) is 5.89. The Morgan fingerprint density at radius 1 is 1.03 bits per heavy atom. The topological polar surface area (TPSA) is 56.0 Å². The highest BCUT2D eigenvalue weighted by Crippen LogP contribution is 2.44. The first-order valence-corrected chi connectivity index (χ1v) is 12.0. The van der Waals surface area contributed by atoms with Crippen molar-refractivity contribution in [3.05, 3.63) is 94.6 Å². The molecule has 2 aromatic heterocycles. The van der Waals surface area contributed by atoms with Gasteiger partial charge in [0.1, 0.15) is 5.69 Å². The van der Waals surface area contributed by atoms with Crippen LogP contribution in [0.1, 0.15) is 54.0 Å². The predicted molar refractivity (Wildman–Crippen MR) is 132 cm³/mol. The van der Waals surface area contributed by atoms with Crippen LogP contribution in [0.15, 0.2) is 77.8 Å². The summed E-state index contributed by atoms with van der Waals surface area (Å²) in [5, 5.41) is 4.95. The van der Waals surface area contributed by atoms with Crippen LogP contribution in [0.2, 0.25) is 0 Å². The molecule has 0 aliphatic carbocycles. The van der Waals surface area contributed by atoms with Crippen LogP contribution in [0.25, 0.3) is 11.3 Å². The average Bonchev–Trinajstić information content (AvgIpc) is 3.53. The van der Waals surface area contributed by atoms with Crippen LogP contribution in [-0.4, -0.2) is 36.7 Å². The highest BCUT2D eigenvalue weighted by molar-refractivity contribution is 9.10. The van der Waals surface area contributed by atoms with E-state index in [2.05, 4.69) is 59.0 Å². The number of halogens is 1. The number of rotatable bonds is 7. The highest BCUT2D eigenvalue weighted by Gasteiger charge is 2.43. The van der Waals surface area contributed by atoms with Crippen molar-refractivity contribution in [1.82, 2.24) is 24.2 Å². The second kappa shape index (κ2) is 8.98. The fourth-order valence-electron chi connectivity index (χ4n) is 4.58. The number of imidazole rings is 1. The van der Waals surface area contributed by atoms with Gasteiger partial charge in [-0.05, 0) is 38.0 Å². The maximum atomic E-state index is 13.8. The third kappa shape index (κ3) is 4.02. The van der Waals surface area contributed by atoms with E-state index in [9.17, 15) is 4.79 Å². The zero-order chi connectivity index (χ0) is 22.9. The molecule has 2 aromatic carbocycles. The number of amides is 1. The summed E-state index contributed by atoms with van der Waals surface area (Å²) in [7, 11) is 0. The molecule has 0 saturated heterocycles. The van der Waals surface area contributed by atoms with Crippen molar-refractivity contribution in [3.8, 4) is 11.3 Å². The summed E-state index contributed by atoms with van der Waals surface area (Å²) in [6, 6.07) is 18.4. The Balaban J connectivity index is 1.61. The summed E-state index contributed by atoms with van der Waals surface area (Å²) < 4.78 is 4.97. The smallest absolute Gasteiger partial charge is 0.273 e. The summed E-state index contributed by atoms with van der Waals surface area (Å²) in [5.41, 5.74) is 4.72. The van der Waals surface area contributed by atoms with Gasteiger partial charge in [0.25, 0.3) is 5.91 Å². The van der Waals surface area contributed by atoms with Crippen LogP contribution in [-0.2, 0) is 6.54 Å². The first kappa shape index (κ1) is 21.6. The summed E-state index contributed by atoms with van der Waals surface area (Å²) in [5.74, 6) is 0.0481. The Morgan fingerprint density at radius 3 is 2.45 bits per heavy atom. The molecular weight excluding hydrogens is 478 g/mol. The first-order chi connectivity index (χ1) is 16.0. The quantitative estimate of drug-likeness (QED) is 0.323. The summed E-state index contributed by atoms with van der Waals surface area (Å²) in [6.07, 6.45) is 6.40. The monoisotopic (exact) mass is 503 g/mol. The van der Waals surface area contributed by atoms with Crippen molar-refractivity contribution >= 4 is 21.8 Å². The number of fused-ring (bicyclic) bond motifs is 1. The summed E-state index contributed by atoms with van der Waals surface area (Å²) in [6.45, 7) is 5.62. The van der Waals surface area contributed by atoms with Gasteiger partial charge < -0.3 is 9.47 Å². The molecule has 0 bridgehead atoms. The number of benzene rings is 2. The second-order valence-electron chi connectivity index (χ2n) is 8.62. The molecule has 168 valence electrons. The van der Waals surface area contributed by atoms with E-state index < -0.39 is 0 Å². The van der Waals surface area contributed by atoms with Crippen molar-refractivity contribution < 1.29 is 4.79 Å². The van der Waals surface area contributed by atoms with Crippen LogP contribution in [0.4, 0.5) is 0 Å². The Labute approximate surface area is 202 Å². The van der Waals surface area contributed by atoms with Crippen molar-refractivity contribution in [2.75, 3.05) is 6.54 Å². The molecule has 5 rings (SSSR count). The van der Waals surface area contributed by atoms with Crippen molar-refractivity contribution in [2.45, 2.75) is 38.9 Å². The second-order valence-corrected chi connectivity index (χ2v) is 9.54. The standard InChI is InChI=1S/C26H26BrN5O/c1-18(2)32-25-22(23(29-32)19-7-4-3-5-8-19)24(20-9-11-21(27)12-10-20)31(26(25)33)15-6-14-30-16-13-28-17-30/h3-5,7-13,16-18,24H,6,14-15H2,1-2H3. The first-order valence-electron chi connectivity index (χ1n) is 11.2. The van der Waals surface area contributed by atoms with Gasteiger partial charge in [-0.2, -0.15) is 5.10 Å². The molecular formula is C26H26BrN5O. The minimum absolute atomic E-state index is 0.0481. The van der Waals surface area contributed by atoms with E-state index >= 15 is 0 Å². The third-order valence-corrected chi connectivity index (χ3v) is 6.62. The molecule has 0 saturated carbocycles. The molecule has 1 unspecified atom stereocenters. The zero-order valence-electron chi connectivity index (χ0n) is 18.7. The lowest BCUT2D eigenvalue weighted by molar-refractivity contribution is 0.0732. The van der Waals surface area contributed by atoms with Gasteiger partial charge in [0.2, 0.25) is 0 Å². The minimum Gasteiger partial charge on any atom is -0.337 e. The molecule has 0 N–H and O–H groups in total. The lowest BCUT2D eigenvalue weighted by atomic mass is 9.96. The number of aromatic nitrogens is 4. The highest BCUT2D eigenvalue weighted by atomic mass is 79.9. The predicted octanol–water partition coefficient (Wildman–Crippen LogP) is 5.73. The minimum atomic E-state index is -0.175. The van der Waals surface area contributed by atoms with Crippen molar-refractivity contribution in [3.63, 3.8) is 0 Å². The number of carbonyl (C=O) groups excluding carboxylic acids is 1. The number of hydrogen-bond donors (Lipinski definition) is 0. The maximum absolute atomic E-state index is 13.8. The SMILES string of the molecule is CC(C)n1nc(-c2ccccc2)c2c1C(=O)N(CCCn1ccnc1)C2c1ccc(Br)cc1. The van der Waals surface area contributed by atoms with Gasteiger partial charge in [-0.1, -0.05) is 58.4 Å². The van der Waals surface area contributed by atoms with Crippen LogP contribution in [0.5, 0.6) is 0 Å². The van der Waals surface area contributed by atoms with Gasteiger partial charge >= 0.3 is 0 Å². The van der Waals surface area contributed by atoms with Crippen molar-refractivity contribution in [2.24, 2.45) is 0 Å². The number of nitrogens with zero attached hydrogens (tertiary/aromatic N) is 5. The van der Waals surface area contributed by atoms with E-state index in [-0.39, 0.29) is 18.0 Å². The Bertz CT molecular complexity index is 1250. The molecule has 1 atom stereocenters. The lowest BCUT2D eigenvalue weighted by Crippen LogP contribution is -2.32. The molecule has 0 fully saturated rings. The van der Waals surface area contributed by atoms with E-state index in [1.807, 2.05) is 57.0 Å². The molecule has 0 radical (unpaired) electrons. The Hall–Kier alpha value is -3.19. The number of aryl methyl sites for hydroxylation is 1. The third-order valence-electron chi connectivity index (χ3n) is 6.09. The molecule has 1 amide bonds. The molecule has 7 heteroatoms. The van der Waals surface area contributed by atoms with E-state index in [1.165, 1.54) is 0 Å². The van der Waals surface area contributed by atoms with E-state index in [0.29, 0.717) is 12.2 Å². The lowest BCUT2D eigenvalue weighted by Gasteiger charge is -2.27. The molecule has 1 aliphatic rings. The molecule has 0 spiro atoms. The zero-order valence-corrected chi connectivity index (χ0v) is 20.3. The molecule has 1 aliphatic heterocycles. The summed E-state index contributed by atoms with van der Waals surface area (Å²) >= 11 is 3.55. The van der Waals surface area contributed by atoms with Crippen LogP contribution in [0, 0.1) is 0 Å². The Morgan fingerprint density at radius 2 is 1.79 bits per heavy atom. The van der Waals surface area contributed by atoms with Crippen molar-refractivity contribution in [1.29, 1.82) is 0 Å². The summed E-state index contributed by atoms with van der Waals surface area (Å²) in [4.78, 5) is 20.0. The van der Waals surface area contributed by atoms with Gasteiger partial charge in [0, 0.05) is 47.1 Å². The molecule has 4 aromatic rings. The largest absolute Gasteiger partial charge is 0.337 e. The van der Waals surface area contributed by atoms with Crippen LogP contribution < -0.4 is 0 Å². The van der Waals surface area contributed by atoms with Gasteiger partial charge in [0.05, 0.1) is 18.1 Å². The van der Waals surface area contributed by atoms with Gasteiger partial charge in [-0.15, -0.1) is 0 Å². The average molecular weight is 504 g/mol. The fraction of sp³-hybridized carbons (Fsp3) is 0.269. The van der Waals surface area contributed by atoms with Gasteiger partial charge in [0.15, 0.2) is 0 Å². The van der Waals surface area contributed by atoms with Gasteiger partial charge in [-0.25, -0.2) is 4.98 Å². The normalized spacial score (nSPS) is 15.5. The van der Waals surface area contributed by atoms with E-state index in [4.69, 9.17) is 5.10 Å². The maximum Gasteiger partial charge on any atom is 0.273 e. The molecule has 3 heterocycles. The van der Waals surface area contributed by atoms with Crippen LogP contribution in [0.3, 0.4) is 0 Å². The van der Waals surface area contributed by atoms with E-state index in [1.54, 1.807) is 6.20 Å². The van der Waals surface area contributed by atoms with Crippen LogP contribution >= 0.6 is 15.9 Å². The molecule has 33 heavy (non-hydrogen) atoms. The van der Waals surface area contributed by atoms with E-state index in [0.717, 1.165) is 39.8 Å². The fourth-order valence-corrected chi connectivity index (χ4v) is 4.84. The van der Waals surface area contributed by atoms with Gasteiger partial charge in [-0.3, -0.25) is 9.48 Å². The number of hydrogen-bond acceptors (Lipinski definition) is 3. The molecule has 6 nitrogen and oxygen atoms in total.